The monoisotopic (exact) mass is 327 g/mol. The molecule has 1 amide bonds. The van der Waals surface area contributed by atoms with Crippen molar-refractivity contribution in [3.05, 3.63) is 69.9 Å². The molecule has 0 saturated carbocycles. The molecule has 24 heavy (non-hydrogen) atoms. The Morgan fingerprint density at radius 2 is 1.88 bits per heavy atom. The molecule has 0 bridgehead atoms. The number of rotatable bonds is 3. The van der Waals surface area contributed by atoms with Gasteiger partial charge in [-0.05, 0) is 35.9 Å². The van der Waals surface area contributed by atoms with Crippen LogP contribution in [0.3, 0.4) is 0 Å². The Labute approximate surface area is 135 Å². The Hall–Kier alpha value is -3.42. The summed E-state index contributed by atoms with van der Waals surface area (Å²) < 4.78 is 14.5. The number of aromatic nitrogens is 2. The van der Waals surface area contributed by atoms with E-state index in [-0.39, 0.29) is 29.6 Å². The topological polar surface area (TPSA) is 119 Å². The molecule has 1 aromatic heterocycles. The van der Waals surface area contributed by atoms with Gasteiger partial charge in [-0.25, -0.2) is 9.18 Å². The van der Waals surface area contributed by atoms with Gasteiger partial charge >= 0.3 is 5.69 Å². The van der Waals surface area contributed by atoms with Crippen molar-refractivity contribution in [2.75, 3.05) is 0 Å². The number of H-pyrrole nitrogens is 1. The van der Waals surface area contributed by atoms with Gasteiger partial charge in [-0.15, -0.1) is 0 Å². The molecule has 0 aliphatic heterocycles. The Morgan fingerprint density at radius 1 is 1.17 bits per heavy atom. The second-order valence-corrected chi connectivity index (χ2v) is 5.22. The van der Waals surface area contributed by atoms with Gasteiger partial charge in [0.1, 0.15) is 5.82 Å². The molecule has 0 radical (unpaired) electrons. The van der Waals surface area contributed by atoms with Crippen LogP contribution in [-0.4, -0.2) is 21.4 Å². The number of carbonyl (C=O) groups is 1. The molecule has 3 aromatic rings. The van der Waals surface area contributed by atoms with E-state index < -0.39 is 5.91 Å². The van der Waals surface area contributed by atoms with Crippen molar-refractivity contribution < 1.29 is 9.18 Å². The predicted molar refractivity (Wildman–Crippen MR) is 88.2 cm³/mol. The molecule has 0 aliphatic carbocycles. The molecule has 0 saturated heterocycles. The molecule has 2 aromatic carbocycles. The summed E-state index contributed by atoms with van der Waals surface area (Å²) in [7, 11) is 0. The first-order valence-corrected chi connectivity index (χ1v) is 7.05. The maximum atomic E-state index is 13.0. The number of nitrogens with zero attached hydrogens (tertiary/aromatic N) is 2. The summed E-state index contributed by atoms with van der Waals surface area (Å²) >= 11 is 0. The highest BCUT2D eigenvalue weighted by Gasteiger charge is 2.11. The van der Waals surface area contributed by atoms with E-state index in [1.165, 1.54) is 28.8 Å². The number of nitrogens with two attached hydrogens (primary N) is 2. The Balaban J connectivity index is 2.00. The fourth-order valence-corrected chi connectivity index (χ4v) is 2.41. The van der Waals surface area contributed by atoms with Crippen molar-refractivity contribution in [1.29, 1.82) is 0 Å². The van der Waals surface area contributed by atoms with Gasteiger partial charge in [-0.3, -0.25) is 9.36 Å². The zero-order valence-corrected chi connectivity index (χ0v) is 12.5. The molecule has 0 aliphatic rings. The minimum atomic E-state index is -0.593. The van der Waals surface area contributed by atoms with Gasteiger partial charge in [-0.2, -0.15) is 4.99 Å². The van der Waals surface area contributed by atoms with Crippen LogP contribution in [0.2, 0.25) is 0 Å². The molecule has 0 atom stereocenters. The van der Waals surface area contributed by atoms with Gasteiger partial charge in [-0.1, -0.05) is 12.1 Å². The maximum Gasteiger partial charge on any atom is 0.326 e. The quantitative estimate of drug-likeness (QED) is 0.489. The van der Waals surface area contributed by atoms with E-state index in [4.69, 9.17) is 11.5 Å². The molecule has 0 fully saturated rings. The second-order valence-electron chi connectivity index (χ2n) is 5.22. The number of amides is 1. The number of carbonyl (C=O) groups excluding carboxylic acids is 1. The zero-order valence-electron chi connectivity index (χ0n) is 12.5. The fourth-order valence-electron chi connectivity index (χ4n) is 2.41. The van der Waals surface area contributed by atoms with Crippen LogP contribution in [0.5, 0.6) is 0 Å². The largest absolute Gasteiger partial charge is 0.370 e. The summed E-state index contributed by atoms with van der Waals surface area (Å²) in [5.74, 6) is -1.26. The van der Waals surface area contributed by atoms with Crippen LogP contribution < -0.4 is 17.2 Å². The van der Waals surface area contributed by atoms with E-state index in [0.717, 1.165) is 5.56 Å². The van der Waals surface area contributed by atoms with Gasteiger partial charge in [0.05, 0.1) is 17.6 Å². The lowest BCUT2D eigenvalue weighted by Gasteiger charge is -2.04. The van der Waals surface area contributed by atoms with E-state index in [0.29, 0.717) is 11.0 Å². The first-order chi connectivity index (χ1) is 11.4. The zero-order chi connectivity index (χ0) is 17.3. The normalized spacial score (nSPS) is 10.7. The van der Waals surface area contributed by atoms with Gasteiger partial charge in [0, 0.05) is 5.56 Å². The van der Waals surface area contributed by atoms with Crippen LogP contribution in [0.4, 0.5) is 4.39 Å². The SMILES string of the molecule is NC(N)=NC(=O)c1ccc2c(c1)[nH]c(=O)n2Cc1ccc(F)cc1. The van der Waals surface area contributed by atoms with E-state index in [2.05, 4.69) is 9.98 Å². The van der Waals surface area contributed by atoms with E-state index in [1.54, 1.807) is 18.2 Å². The second kappa shape index (κ2) is 5.99. The molecule has 0 unspecified atom stereocenters. The lowest BCUT2D eigenvalue weighted by Crippen LogP contribution is -2.24. The minimum absolute atomic E-state index is 0.256. The molecule has 1 heterocycles. The number of hydrogen-bond acceptors (Lipinski definition) is 2. The van der Waals surface area contributed by atoms with Crippen molar-refractivity contribution >= 4 is 22.9 Å². The lowest BCUT2D eigenvalue weighted by molar-refractivity contribution is 0.100. The van der Waals surface area contributed by atoms with Gasteiger partial charge < -0.3 is 16.5 Å². The predicted octanol–water partition coefficient (Wildman–Crippen LogP) is 0.931. The molecule has 3 rings (SSSR count). The summed E-state index contributed by atoms with van der Waals surface area (Å²) in [6.07, 6.45) is 0. The highest BCUT2D eigenvalue weighted by atomic mass is 19.1. The summed E-state index contributed by atoms with van der Waals surface area (Å²) in [5.41, 5.74) is 12.2. The average molecular weight is 327 g/mol. The van der Waals surface area contributed by atoms with Crippen LogP contribution in [0, 0.1) is 5.82 Å². The third-order valence-corrected chi connectivity index (χ3v) is 3.51. The molecular formula is C16H14FN5O2. The third-order valence-electron chi connectivity index (χ3n) is 3.51. The van der Waals surface area contributed by atoms with Gasteiger partial charge in [0.2, 0.25) is 0 Å². The first kappa shape index (κ1) is 15.5. The van der Waals surface area contributed by atoms with Crippen LogP contribution in [0.15, 0.2) is 52.3 Å². The number of aromatic amines is 1. The number of benzene rings is 2. The molecule has 5 N–H and O–H groups in total. The summed E-state index contributed by atoms with van der Waals surface area (Å²) in [4.78, 5) is 30.1. The molecule has 8 heteroatoms. The standard InChI is InChI=1S/C16H14FN5O2/c17-11-4-1-9(2-5-11)8-22-13-6-3-10(14(23)21-15(18)19)7-12(13)20-16(22)24/h1-7H,8H2,(H,20,24)(H4,18,19,21,23). The van der Waals surface area contributed by atoms with Crippen LogP contribution >= 0.6 is 0 Å². The lowest BCUT2D eigenvalue weighted by atomic mass is 10.2. The molecule has 122 valence electrons. The van der Waals surface area contributed by atoms with Crippen LogP contribution in [0.1, 0.15) is 15.9 Å². The van der Waals surface area contributed by atoms with Gasteiger partial charge in [0.15, 0.2) is 5.96 Å². The molecular weight excluding hydrogens is 313 g/mol. The van der Waals surface area contributed by atoms with Crippen molar-refractivity contribution in [2.45, 2.75) is 6.54 Å². The number of hydrogen-bond donors (Lipinski definition) is 3. The van der Waals surface area contributed by atoms with Gasteiger partial charge in [0.25, 0.3) is 5.91 Å². The smallest absolute Gasteiger partial charge is 0.326 e. The minimum Gasteiger partial charge on any atom is -0.370 e. The summed E-state index contributed by atoms with van der Waals surface area (Å²) in [6.45, 7) is 0.278. The van der Waals surface area contributed by atoms with E-state index in [1.807, 2.05) is 0 Å². The van der Waals surface area contributed by atoms with E-state index >= 15 is 0 Å². The summed E-state index contributed by atoms with van der Waals surface area (Å²) in [6, 6.07) is 10.6. The van der Waals surface area contributed by atoms with Crippen LogP contribution in [-0.2, 0) is 6.54 Å². The average Bonchev–Trinajstić information content (AvgIpc) is 2.84. The first-order valence-electron chi connectivity index (χ1n) is 7.05. The van der Waals surface area contributed by atoms with E-state index in [9.17, 15) is 14.0 Å². The Morgan fingerprint density at radius 3 is 2.54 bits per heavy atom. The number of imidazole rings is 1. The highest BCUT2D eigenvalue weighted by Crippen LogP contribution is 2.15. The highest BCUT2D eigenvalue weighted by molar-refractivity contribution is 6.03. The van der Waals surface area contributed by atoms with Crippen molar-refractivity contribution in [2.24, 2.45) is 16.5 Å². The number of guanidine groups is 1. The molecule has 0 spiro atoms. The maximum absolute atomic E-state index is 13.0. The van der Waals surface area contributed by atoms with Crippen molar-refractivity contribution in [3.63, 3.8) is 0 Å². The number of halogens is 1. The van der Waals surface area contributed by atoms with Crippen molar-refractivity contribution in [1.82, 2.24) is 9.55 Å². The Kier molecular flexibility index (Phi) is 3.87. The fraction of sp³-hybridized carbons (Fsp3) is 0.0625. The number of nitrogens with one attached hydrogen (secondary N) is 1. The van der Waals surface area contributed by atoms with Crippen molar-refractivity contribution in [3.8, 4) is 0 Å². The third kappa shape index (κ3) is 3.02. The Bertz CT molecular complexity index is 997. The summed E-state index contributed by atoms with van der Waals surface area (Å²) in [5, 5.41) is 0. The van der Waals surface area contributed by atoms with Crippen LogP contribution in [0.25, 0.3) is 11.0 Å². The number of fused-ring (bicyclic) bond motifs is 1. The number of aliphatic imine (C=N–C) groups is 1. The molecule has 7 nitrogen and oxygen atoms in total.